The van der Waals surface area contributed by atoms with Gasteiger partial charge in [-0.3, -0.25) is 4.79 Å². The molecule has 0 aliphatic heterocycles. The highest BCUT2D eigenvalue weighted by Crippen LogP contribution is 2.14. The Labute approximate surface area is 174 Å². The highest BCUT2D eigenvalue weighted by Gasteiger charge is 2.03. The van der Waals surface area contributed by atoms with Crippen molar-refractivity contribution in [1.82, 2.24) is 0 Å². The predicted octanol–water partition coefficient (Wildman–Crippen LogP) is 5.02. The summed E-state index contributed by atoms with van der Waals surface area (Å²) in [4.78, 5) is 29.4. The molecule has 0 heterocycles. The summed E-state index contributed by atoms with van der Waals surface area (Å²) in [5, 5.41) is 34.0. The summed E-state index contributed by atoms with van der Waals surface area (Å²) < 4.78 is 0. The maximum Gasteiger partial charge on any atom is 0.328 e. The molecule has 0 radical (unpaired) electrons. The zero-order valence-corrected chi connectivity index (χ0v) is 17.9. The third-order valence-corrected chi connectivity index (χ3v) is 4.44. The third kappa shape index (κ3) is 31.0. The molecule has 0 aromatic heterocycles. The second-order valence-electron chi connectivity index (χ2n) is 7.27. The number of aliphatic hydroxyl groups excluding tert-OH is 1. The summed E-state index contributed by atoms with van der Waals surface area (Å²) in [6.45, 7) is 2.21. The first kappa shape index (κ1) is 29.3. The molecule has 0 bridgehead atoms. The largest absolute Gasteiger partial charge is 0.481 e. The normalized spacial score (nSPS) is 11.7. The molecule has 0 fully saturated rings. The zero-order chi connectivity index (χ0) is 22.3. The highest BCUT2D eigenvalue weighted by molar-refractivity contribution is 5.89. The molecule has 0 aliphatic rings. The van der Waals surface area contributed by atoms with E-state index in [1.54, 1.807) is 0 Å². The van der Waals surface area contributed by atoms with Gasteiger partial charge in [0, 0.05) is 18.6 Å². The molecule has 1 atom stereocenters. The fraction of sp³-hybridized carbons (Fsp3) is 0.773. The summed E-state index contributed by atoms with van der Waals surface area (Å²) in [5.74, 6) is -3.19. The van der Waals surface area contributed by atoms with Gasteiger partial charge in [-0.1, -0.05) is 77.6 Å². The standard InChI is InChI=1S/C18H36O3.C4H4O4/c1-2-3-4-11-14-17(19)15-12-9-7-5-6-8-10-13-16-18(20)21;5-3(6)1-2-4(7)8/h17,19H,2-16H2,1H3,(H,20,21);1-2H,(H,5,6)(H,7,8). The maximum atomic E-state index is 10.3. The van der Waals surface area contributed by atoms with E-state index in [1.807, 2.05) is 0 Å². The Balaban J connectivity index is 0. The SMILES string of the molecule is CCCCCCC(O)CCCCCCCCCCC(=O)O.O=C(O)C=CC(=O)O. The summed E-state index contributed by atoms with van der Waals surface area (Å²) in [6.07, 6.45) is 17.4. The summed E-state index contributed by atoms with van der Waals surface area (Å²) >= 11 is 0. The quantitative estimate of drug-likeness (QED) is 0.182. The second-order valence-corrected chi connectivity index (χ2v) is 7.27. The zero-order valence-electron chi connectivity index (χ0n) is 17.9. The molecule has 29 heavy (non-hydrogen) atoms. The summed E-state index contributed by atoms with van der Waals surface area (Å²) in [7, 11) is 0. The van der Waals surface area contributed by atoms with E-state index in [9.17, 15) is 19.5 Å². The van der Waals surface area contributed by atoms with E-state index >= 15 is 0 Å². The first-order chi connectivity index (χ1) is 13.8. The highest BCUT2D eigenvalue weighted by atomic mass is 16.4. The Morgan fingerprint density at radius 2 is 1.03 bits per heavy atom. The Kier molecular flexibility index (Phi) is 22.6. The van der Waals surface area contributed by atoms with E-state index in [-0.39, 0.29) is 6.10 Å². The van der Waals surface area contributed by atoms with Crippen molar-refractivity contribution in [3.63, 3.8) is 0 Å². The minimum Gasteiger partial charge on any atom is -0.481 e. The lowest BCUT2D eigenvalue weighted by atomic mass is 10.0. The van der Waals surface area contributed by atoms with Crippen molar-refractivity contribution in [2.24, 2.45) is 0 Å². The van der Waals surface area contributed by atoms with Crippen LogP contribution in [0.5, 0.6) is 0 Å². The van der Waals surface area contributed by atoms with Gasteiger partial charge in [0.15, 0.2) is 0 Å². The van der Waals surface area contributed by atoms with Crippen LogP contribution in [0.3, 0.4) is 0 Å². The monoisotopic (exact) mass is 416 g/mol. The van der Waals surface area contributed by atoms with Gasteiger partial charge in [-0.25, -0.2) is 9.59 Å². The number of aliphatic carboxylic acids is 3. The molecule has 0 aliphatic carbocycles. The van der Waals surface area contributed by atoms with Crippen molar-refractivity contribution < 1.29 is 34.8 Å². The Morgan fingerprint density at radius 1 is 0.655 bits per heavy atom. The van der Waals surface area contributed by atoms with E-state index in [0.717, 1.165) is 38.5 Å². The molecule has 0 aromatic carbocycles. The number of hydrogen-bond donors (Lipinski definition) is 4. The van der Waals surface area contributed by atoms with Crippen molar-refractivity contribution in [3.8, 4) is 0 Å². The first-order valence-corrected chi connectivity index (χ1v) is 10.8. The minimum atomic E-state index is -1.26. The van der Waals surface area contributed by atoms with Gasteiger partial charge in [-0.05, 0) is 19.3 Å². The number of carboxylic acids is 3. The molecule has 0 spiro atoms. The van der Waals surface area contributed by atoms with Crippen LogP contribution in [0.4, 0.5) is 0 Å². The van der Waals surface area contributed by atoms with Gasteiger partial charge >= 0.3 is 17.9 Å². The van der Waals surface area contributed by atoms with Crippen LogP contribution in [0.2, 0.25) is 0 Å². The maximum absolute atomic E-state index is 10.3. The number of carbonyl (C=O) groups is 3. The smallest absolute Gasteiger partial charge is 0.328 e. The van der Waals surface area contributed by atoms with Gasteiger partial charge in [0.05, 0.1) is 6.10 Å². The van der Waals surface area contributed by atoms with Crippen LogP contribution in [-0.4, -0.2) is 44.4 Å². The average molecular weight is 417 g/mol. The molecule has 1 unspecified atom stereocenters. The molecule has 7 heteroatoms. The van der Waals surface area contributed by atoms with Gasteiger partial charge in [0.25, 0.3) is 0 Å². The van der Waals surface area contributed by atoms with Crippen molar-refractivity contribution >= 4 is 17.9 Å². The van der Waals surface area contributed by atoms with Crippen LogP contribution in [-0.2, 0) is 14.4 Å². The van der Waals surface area contributed by atoms with Gasteiger partial charge in [-0.15, -0.1) is 0 Å². The molecule has 0 aromatic rings. The van der Waals surface area contributed by atoms with Crippen LogP contribution in [0.25, 0.3) is 0 Å². The molecule has 0 saturated heterocycles. The van der Waals surface area contributed by atoms with E-state index in [0.29, 0.717) is 18.6 Å². The van der Waals surface area contributed by atoms with E-state index < -0.39 is 17.9 Å². The fourth-order valence-corrected chi connectivity index (χ4v) is 2.81. The van der Waals surface area contributed by atoms with Crippen LogP contribution in [0, 0.1) is 0 Å². The Bertz CT molecular complexity index is 430. The molecule has 7 nitrogen and oxygen atoms in total. The third-order valence-electron chi connectivity index (χ3n) is 4.44. The summed E-state index contributed by atoms with van der Waals surface area (Å²) in [6, 6.07) is 0. The molecule has 0 amide bonds. The molecule has 0 saturated carbocycles. The first-order valence-electron chi connectivity index (χ1n) is 10.8. The predicted molar refractivity (Wildman–Crippen MR) is 113 cm³/mol. The van der Waals surface area contributed by atoms with Crippen LogP contribution in [0.1, 0.15) is 103 Å². The van der Waals surface area contributed by atoms with Gasteiger partial charge in [-0.2, -0.15) is 0 Å². The van der Waals surface area contributed by atoms with Gasteiger partial charge < -0.3 is 20.4 Å². The molecule has 4 N–H and O–H groups in total. The number of rotatable bonds is 18. The van der Waals surface area contributed by atoms with Crippen molar-refractivity contribution in [2.75, 3.05) is 0 Å². The lowest BCUT2D eigenvalue weighted by molar-refractivity contribution is -0.137. The van der Waals surface area contributed by atoms with Crippen molar-refractivity contribution in [1.29, 1.82) is 0 Å². The molecular formula is C22H40O7. The second kappa shape index (κ2) is 22.4. The van der Waals surface area contributed by atoms with Gasteiger partial charge in [0.2, 0.25) is 0 Å². The minimum absolute atomic E-state index is 0.0853. The van der Waals surface area contributed by atoms with Crippen molar-refractivity contribution in [2.45, 2.75) is 109 Å². The average Bonchev–Trinajstić information content (AvgIpc) is 2.65. The van der Waals surface area contributed by atoms with E-state index in [2.05, 4.69) is 6.92 Å². The number of unbranched alkanes of at least 4 members (excludes halogenated alkanes) is 10. The number of aliphatic hydroxyl groups is 1. The Morgan fingerprint density at radius 3 is 1.41 bits per heavy atom. The van der Waals surface area contributed by atoms with Crippen molar-refractivity contribution in [3.05, 3.63) is 12.2 Å². The van der Waals surface area contributed by atoms with Crippen LogP contribution < -0.4 is 0 Å². The molecule has 170 valence electrons. The van der Waals surface area contributed by atoms with Crippen LogP contribution >= 0.6 is 0 Å². The van der Waals surface area contributed by atoms with Crippen LogP contribution in [0.15, 0.2) is 12.2 Å². The topological polar surface area (TPSA) is 132 Å². The van der Waals surface area contributed by atoms with E-state index in [4.69, 9.17) is 15.3 Å². The van der Waals surface area contributed by atoms with E-state index in [1.165, 1.54) is 51.4 Å². The Hall–Kier alpha value is -1.89. The fourth-order valence-electron chi connectivity index (χ4n) is 2.81. The lowest BCUT2D eigenvalue weighted by Crippen LogP contribution is -2.05. The lowest BCUT2D eigenvalue weighted by Gasteiger charge is -2.10. The number of hydrogen-bond acceptors (Lipinski definition) is 4. The van der Waals surface area contributed by atoms with Gasteiger partial charge in [0.1, 0.15) is 0 Å². The molecular weight excluding hydrogens is 376 g/mol. The molecule has 0 rings (SSSR count). The summed E-state index contributed by atoms with van der Waals surface area (Å²) in [5.41, 5.74) is 0. The number of carboxylic acid groups (broad SMARTS) is 3.